The number of aliphatic hydroxyl groups excluding tert-OH is 5. The Morgan fingerprint density at radius 2 is 0.711 bits per heavy atom. The molecule has 5 atom stereocenters. The molecule has 14 heterocycles. The smallest absolute Gasteiger partial charge is 0.433 e. The summed E-state index contributed by atoms with van der Waals surface area (Å²) >= 11 is 8.81. The number of pyridine rings is 7. The van der Waals surface area contributed by atoms with E-state index in [-0.39, 0.29) is 34.5 Å². The Kier molecular flexibility index (Phi) is 32.5. The summed E-state index contributed by atoms with van der Waals surface area (Å²) in [5.41, 5.74) is 25.3. The molecule has 14 aromatic heterocycles. The van der Waals surface area contributed by atoms with Crippen LogP contribution in [0.1, 0.15) is 244 Å². The van der Waals surface area contributed by atoms with Gasteiger partial charge in [0.2, 0.25) is 5.88 Å². The van der Waals surface area contributed by atoms with Crippen LogP contribution in [0.25, 0.3) is 129 Å². The SMILES string of the molecule is C=C(O)[C@@H](OCC)c1c(C)nc2sc3c(c2c1-c1ccc(C(F)(F)F)nc1)CCCC3.C=C(O)[C@@H](OCC)c1c(C)nc2sc3c(c2c1-c1ccc(OC)nc1)CCCC3.C=C(O)[C@@H](OCC)c1c(C)nc2sc3c(c2c1-c1ccc2c(cnn2C)c1)CCCC3.C=C(O)[C@@H](OCC)c1c(C)nc2sc3c(c2c1-c1ccc2cn[nH]c2c1)CCCC3.C=C(O)[C@@H](OCC)c1c(C)nc2sc3c(c2c1-c1ccccc1O)CCCC3. The lowest BCUT2D eigenvalue weighted by molar-refractivity contribution is -0.141. The highest BCUT2D eigenvalue weighted by molar-refractivity contribution is 7.20. The minimum Gasteiger partial charge on any atom is -0.510 e. The number of phenolic OH excluding ortho intramolecular Hbond substituents is 1. The third kappa shape index (κ3) is 21.1. The average molecular weight is 2110 g/mol. The number of hydrogen-bond acceptors (Lipinski definition) is 26. The van der Waals surface area contributed by atoms with Crippen molar-refractivity contribution in [3.05, 3.63) is 286 Å². The van der Waals surface area contributed by atoms with Crippen molar-refractivity contribution < 1.29 is 72.2 Å². The van der Waals surface area contributed by atoms with Gasteiger partial charge in [-0.25, -0.2) is 29.9 Å². The van der Waals surface area contributed by atoms with Crippen molar-refractivity contribution in [2.75, 3.05) is 40.1 Å². The van der Waals surface area contributed by atoms with E-state index in [2.05, 4.69) is 94.6 Å². The molecule has 0 saturated heterocycles. The lowest BCUT2D eigenvalue weighted by Gasteiger charge is -2.23. The zero-order valence-corrected chi connectivity index (χ0v) is 90.4. The number of methoxy groups -OCH3 is 1. The van der Waals surface area contributed by atoms with E-state index in [9.17, 15) is 43.8 Å². The van der Waals surface area contributed by atoms with Crippen molar-refractivity contribution in [2.45, 2.75) is 234 Å². The van der Waals surface area contributed by atoms with Gasteiger partial charge in [0.15, 0.2) is 0 Å². The number of aromatic hydroxyl groups is 1. The normalized spacial score (nSPS) is 14.8. The molecule has 149 heavy (non-hydrogen) atoms. The van der Waals surface area contributed by atoms with Crippen molar-refractivity contribution >= 4 is 130 Å². The van der Waals surface area contributed by atoms with Gasteiger partial charge in [-0.1, -0.05) is 75.4 Å². The molecule has 0 amide bonds. The number of aryl methyl sites for hydroxylation is 16. The Morgan fingerprint density at radius 1 is 0.389 bits per heavy atom. The standard InChI is InChI=1S/C25H27N3O2S.C24H25N3O2S.C23H23F3N2O2S.C23H26N2O3S.C23H25NO3S/c1-5-30-24(15(3)29)21-14(2)27-25-23(18-8-6-7-9-20(18)31-25)22(21)16-10-11-19-17(12-16)13-26-28(19)4;1-4-29-23(14(3)28)20-13(2)26-24-22(17-7-5-6-8-19(17)30-24)21(20)15-9-10-16-12-25-27-18(16)11-15;1-4-30-21(13(3)29)18-12(2)28-22-20(15-7-5-6-8-16(15)31-22)19(18)14-9-10-17(27-11-14)23(24,25)26;1-5-28-22(14(3)26)19-13(2)25-23-21(16-8-6-7-9-17(16)29-23)20(19)15-10-11-18(27-4)24-12-15;1-4-27-22(14(3)25)19-13(2)24-23-21(16-10-6-8-12-18(16)28-23)20(19)15-9-5-7-11-17(15)26/h10-13,24,29H,3,5-9H2,1-2,4H3;9-12,23,28H,3-8H2,1-2H3,(H,25,27);9-11,21,29H,3-8H2,1-2H3;10-12,22,26H,3,5-9H2,1-2,4H3;5,7,9,11,22,25-26H,3-4,6,8,10,12H2,1-2H3/t24-;23-;21-;2*22-/m11111/s1. The van der Waals surface area contributed by atoms with Gasteiger partial charge in [-0.3, -0.25) is 14.8 Å². The molecule has 17 aromatic rings. The fraction of sp³-hybridized carbons (Fsp3) is 0.364. The second-order valence-electron chi connectivity index (χ2n) is 38.3. The third-order valence-corrected chi connectivity index (χ3v) is 34.6. The van der Waals surface area contributed by atoms with Crippen LogP contribution in [0.4, 0.5) is 13.2 Å². The molecule has 22 rings (SSSR count). The van der Waals surface area contributed by atoms with E-state index in [4.69, 9.17) is 53.3 Å². The largest absolute Gasteiger partial charge is 0.510 e. The second-order valence-corrected chi connectivity index (χ2v) is 43.7. The van der Waals surface area contributed by atoms with Crippen LogP contribution >= 0.6 is 56.7 Å². The van der Waals surface area contributed by atoms with Gasteiger partial charge in [0.25, 0.3) is 0 Å². The zero-order chi connectivity index (χ0) is 105. The van der Waals surface area contributed by atoms with Gasteiger partial charge in [0, 0.05) is 221 Å². The van der Waals surface area contributed by atoms with E-state index < -0.39 is 42.4 Å². The quantitative estimate of drug-likeness (QED) is 0.0248. The highest BCUT2D eigenvalue weighted by Crippen LogP contribution is 2.55. The number of nitrogens with one attached hydrogen (secondary N) is 1. The number of benzene rings is 3. The van der Waals surface area contributed by atoms with E-state index in [1.807, 2.05) is 153 Å². The molecule has 0 aliphatic heterocycles. The van der Waals surface area contributed by atoms with Crippen molar-refractivity contribution in [1.29, 1.82) is 0 Å². The number of fused-ring (bicyclic) bond motifs is 17. The molecule has 7 N–H and O–H groups in total. The summed E-state index contributed by atoms with van der Waals surface area (Å²) in [6.45, 7) is 40.2. The van der Waals surface area contributed by atoms with Crippen LogP contribution in [0, 0.1) is 34.6 Å². The van der Waals surface area contributed by atoms with Gasteiger partial charge >= 0.3 is 6.18 Å². The minimum absolute atomic E-state index is 0.00839. The first-order chi connectivity index (χ1) is 71.9. The molecule has 0 fully saturated rings. The molecule has 0 unspecified atom stereocenters. The summed E-state index contributed by atoms with van der Waals surface area (Å²) in [6, 6.07) is 26.5. The molecule has 31 heteroatoms. The van der Waals surface area contributed by atoms with Crippen molar-refractivity contribution in [3.8, 4) is 67.3 Å². The topological polar surface area (TPSA) is 313 Å². The Labute approximate surface area is 884 Å². The van der Waals surface area contributed by atoms with Crippen LogP contribution in [-0.4, -0.2) is 126 Å². The van der Waals surface area contributed by atoms with Crippen LogP contribution in [0.2, 0.25) is 0 Å². The number of H-pyrrole nitrogens is 1. The molecule has 0 spiro atoms. The average Bonchev–Trinajstić information content (AvgIpc) is 1.63. The molecule has 0 radical (unpaired) electrons. The number of para-hydroxylation sites is 1. The molecule has 776 valence electrons. The number of thiophene rings is 5. The maximum Gasteiger partial charge on any atom is 0.433 e. The number of halogens is 3. The zero-order valence-electron chi connectivity index (χ0n) is 86.3. The number of aliphatic hydroxyl groups is 5. The highest BCUT2D eigenvalue weighted by atomic mass is 32.1. The van der Waals surface area contributed by atoms with E-state index >= 15 is 0 Å². The number of phenols is 1. The summed E-state index contributed by atoms with van der Waals surface area (Å²) in [5.74, 6) is 0.571. The lowest BCUT2D eigenvalue weighted by atomic mass is 9.87. The monoisotopic (exact) mass is 2110 g/mol. The van der Waals surface area contributed by atoms with Crippen LogP contribution in [0.5, 0.6) is 11.6 Å². The summed E-state index contributed by atoms with van der Waals surface area (Å²) in [5, 5.41) is 82.0. The number of aromatic nitrogens is 11. The Bertz CT molecular complexity index is 7990. The third-order valence-electron chi connectivity index (χ3n) is 28.7. The number of rotatable bonds is 26. The van der Waals surface area contributed by atoms with E-state index in [0.29, 0.717) is 55.7 Å². The summed E-state index contributed by atoms with van der Waals surface area (Å²) in [4.78, 5) is 44.7. The van der Waals surface area contributed by atoms with Gasteiger partial charge in [-0.2, -0.15) is 23.4 Å². The Hall–Kier alpha value is -12.7. The maximum atomic E-state index is 13.1. The van der Waals surface area contributed by atoms with Gasteiger partial charge in [-0.15, -0.1) is 56.7 Å². The van der Waals surface area contributed by atoms with E-state index in [1.54, 1.807) is 47.2 Å². The number of hydrogen-bond donors (Lipinski definition) is 7. The fourth-order valence-electron chi connectivity index (χ4n) is 22.2. The van der Waals surface area contributed by atoms with Crippen LogP contribution in [0.15, 0.2) is 171 Å². The van der Waals surface area contributed by atoms with Gasteiger partial charge < -0.3 is 59.1 Å². The number of alkyl halides is 3. The lowest BCUT2D eigenvalue weighted by Crippen LogP contribution is -2.12. The first-order valence-corrected chi connectivity index (χ1v) is 55.3. The molecule has 0 bridgehead atoms. The van der Waals surface area contributed by atoms with Crippen LogP contribution in [-0.2, 0) is 101 Å². The molecular formula is C118H126F3N11O12S5. The van der Waals surface area contributed by atoms with E-state index in [1.165, 1.54) is 126 Å². The Balaban J connectivity index is 0.000000122. The van der Waals surface area contributed by atoms with Crippen LogP contribution < -0.4 is 4.74 Å². The van der Waals surface area contributed by atoms with Crippen molar-refractivity contribution in [3.63, 3.8) is 0 Å². The number of nitrogens with zero attached hydrogens (tertiary/aromatic N) is 10. The van der Waals surface area contributed by atoms with Crippen LogP contribution in [0.3, 0.4) is 0 Å². The second kappa shape index (κ2) is 45.6. The molecular weight excluding hydrogens is 1980 g/mol. The van der Waals surface area contributed by atoms with E-state index in [0.717, 1.165) is 241 Å². The maximum absolute atomic E-state index is 13.1. The first kappa shape index (κ1) is 106. The Morgan fingerprint density at radius 3 is 1.04 bits per heavy atom. The summed E-state index contributed by atoms with van der Waals surface area (Å²) in [6.07, 6.45) is 21.2. The summed E-state index contributed by atoms with van der Waals surface area (Å²) in [7, 11) is 3.57. The van der Waals surface area contributed by atoms with Gasteiger partial charge in [0.05, 0.1) is 30.5 Å². The highest BCUT2D eigenvalue weighted by Gasteiger charge is 2.39. The molecule has 5 aliphatic carbocycles. The van der Waals surface area contributed by atoms with Crippen molar-refractivity contribution in [1.82, 2.24) is 54.9 Å². The predicted molar refractivity (Wildman–Crippen MR) is 596 cm³/mol. The molecule has 3 aromatic carbocycles. The minimum atomic E-state index is -4.51. The number of ether oxygens (including phenoxy) is 6. The fourth-order valence-corrected chi connectivity index (χ4v) is 28.8. The summed E-state index contributed by atoms with van der Waals surface area (Å²) < 4.78 is 76.0. The molecule has 0 saturated carbocycles. The van der Waals surface area contributed by atoms with Gasteiger partial charge in [-0.05, 0) is 273 Å². The number of aromatic amines is 1. The molecule has 23 nitrogen and oxygen atoms in total. The first-order valence-electron chi connectivity index (χ1n) is 51.2. The predicted octanol–water partition coefficient (Wildman–Crippen LogP) is 30.8. The van der Waals surface area contributed by atoms with Crippen molar-refractivity contribution in [2.24, 2.45) is 7.05 Å². The molecule has 5 aliphatic rings. The van der Waals surface area contributed by atoms with Gasteiger partial charge in [0.1, 0.15) is 94.9 Å².